The molecule has 2 N–H and O–H groups in total. The third kappa shape index (κ3) is 3.34. The highest BCUT2D eigenvalue weighted by Gasteiger charge is 2.36. The van der Waals surface area contributed by atoms with E-state index in [0.29, 0.717) is 17.1 Å². The van der Waals surface area contributed by atoms with Crippen LogP contribution in [0.15, 0.2) is 0 Å². The van der Waals surface area contributed by atoms with E-state index in [1.165, 1.54) is 6.42 Å². The summed E-state index contributed by atoms with van der Waals surface area (Å²) in [6.45, 7) is 6.09. The van der Waals surface area contributed by atoms with E-state index >= 15 is 0 Å². The minimum absolute atomic E-state index is 0.142. The Morgan fingerprint density at radius 3 is 2.44 bits per heavy atom. The lowest BCUT2D eigenvalue weighted by atomic mass is 9.79. The van der Waals surface area contributed by atoms with E-state index in [1.807, 2.05) is 0 Å². The predicted octanol–water partition coefficient (Wildman–Crippen LogP) is 2.07. The van der Waals surface area contributed by atoms with Gasteiger partial charge in [-0.3, -0.25) is 4.21 Å². The summed E-state index contributed by atoms with van der Waals surface area (Å²) < 4.78 is 18.1. The second-order valence-electron chi connectivity index (χ2n) is 6.16. The Balaban J connectivity index is 1.98. The van der Waals surface area contributed by atoms with Gasteiger partial charge in [-0.2, -0.15) is 0 Å². The summed E-state index contributed by atoms with van der Waals surface area (Å²) in [5, 5.41) is 0.537. The van der Waals surface area contributed by atoms with E-state index in [4.69, 9.17) is 10.5 Å². The summed E-state index contributed by atoms with van der Waals surface area (Å²) in [5.74, 6) is 1.39. The molecule has 1 heterocycles. The molecule has 4 heteroatoms. The van der Waals surface area contributed by atoms with Crippen LogP contribution in [0.1, 0.15) is 46.0 Å². The van der Waals surface area contributed by atoms with Gasteiger partial charge in [0.05, 0.1) is 5.25 Å². The lowest BCUT2D eigenvalue weighted by Crippen LogP contribution is -2.47. The highest BCUT2D eigenvalue weighted by molar-refractivity contribution is 7.86. The van der Waals surface area contributed by atoms with Gasteiger partial charge >= 0.3 is 0 Å². The van der Waals surface area contributed by atoms with Crippen LogP contribution in [0.4, 0.5) is 0 Å². The predicted molar refractivity (Wildman–Crippen MR) is 75.9 cm³/mol. The summed E-state index contributed by atoms with van der Waals surface area (Å²) in [4.78, 5) is 0. The average Bonchev–Trinajstić information content (AvgIpc) is 2.39. The molecule has 0 spiro atoms. The Kier molecular flexibility index (Phi) is 5.22. The van der Waals surface area contributed by atoms with E-state index in [0.717, 1.165) is 38.9 Å². The number of rotatable bonds is 3. The van der Waals surface area contributed by atoms with Crippen LogP contribution in [0.2, 0.25) is 0 Å². The van der Waals surface area contributed by atoms with Gasteiger partial charge in [-0.25, -0.2) is 0 Å². The van der Waals surface area contributed by atoms with Crippen molar-refractivity contribution in [3.63, 3.8) is 0 Å². The molecule has 0 aromatic carbocycles. The van der Waals surface area contributed by atoms with Crippen LogP contribution in [0.3, 0.4) is 0 Å². The fourth-order valence-electron chi connectivity index (χ4n) is 3.21. The first-order valence-corrected chi connectivity index (χ1v) is 8.60. The molecule has 18 heavy (non-hydrogen) atoms. The Hall–Kier alpha value is 0.0700. The maximum atomic E-state index is 12.7. The lowest BCUT2D eigenvalue weighted by molar-refractivity contribution is 0.0988. The summed E-state index contributed by atoms with van der Waals surface area (Å²) in [6.07, 6.45) is 5.20. The molecule has 0 aromatic rings. The van der Waals surface area contributed by atoms with Crippen molar-refractivity contribution in [2.45, 2.75) is 62.5 Å². The summed E-state index contributed by atoms with van der Waals surface area (Å²) in [5.41, 5.74) is 6.22. The highest BCUT2D eigenvalue weighted by Crippen LogP contribution is 2.33. The molecule has 2 fully saturated rings. The zero-order chi connectivity index (χ0) is 13.1. The number of nitrogens with two attached hydrogens (primary N) is 1. The van der Waals surface area contributed by atoms with Gasteiger partial charge in [0.25, 0.3) is 0 Å². The monoisotopic (exact) mass is 273 g/mol. The van der Waals surface area contributed by atoms with Crippen molar-refractivity contribution in [1.29, 1.82) is 0 Å². The van der Waals surface area contributed by atoms with E-state index in [-0.39, 0.29) is 11.3 Å². The van der Waals surface area contributed by atoms with Crippen LogP contribution < -0.4 is 5.73 Å². The Bertz CT molecular complexity index is 290. The largest absolute Gasteiger partial charge is 0.381 e. The second-order valence-corrected chi connectivity index (χ2v) is 8.09. The van der Waals surface area contributed by atoms with Crippen molar-refractivity contribution >= 4 is 10.8 Å². The van der Waals surface area contributed by atoms with Crippen LogP contribution in [-0.4, -0.2) is 34.0 Å². The molecule has 2 rings (SSSR count). The molecule has 4 unspecified atom stereocenters. The van der Waals surface area contributed by atoms with Crippen LogP contribution >= 0.6 is 0 Å². The van der Waals surface area contributed by atoms with Gasteiger partial charge < -0.3 is 10.5 Å². The van der Waals surface area contributed by atoms with E-state index in [1.54, 1.807) is 0 Å². The topological polar surface area (TPSA) is 52.3 Å². The van der Waals surface area contributed by atoms with Gasteiger partial charge in [-0.15, -0.1) is 0 Å². The molecule has 1 aliphatic heterocycles. The molecule has 0 radical (unpaired) electrons. The Morgan fingerprint density at radius 2 is 1.83 bits per heavy atom. The normalized spacial score (nSPS) is 36.8. The second kappa shape index (κ2) is 6.49. The first kappa shape index (κ1) is 14.5. The zero-order valence-corrected chi connectivity index (χ0v) is 12.5. The molecule has 0 bridgehead atoms. The Morgan fingerprint density at radius 1 is 1.17 bits per heavy atom. The third-order valence-electron chi connectivity index (χ3n) is 4.62. The Labute approximate surface area is 113 Å². The quantitative estimate of drug-likeness (QED) is 0.856. The van der Waals surface area contributed by atoms with Crippen molar-refractivity contribution < 1.29 is 8.95 Å². The molecular formula is C14H27NO2S. The number of hydrogen-bond donors (Lipinski definition) is 1. The van der Waals surface area contributed by atoms with Crippen molar-refractivity contribution in [1.82, 2.24) is 0 Å². The maximum absolute atomic E-state index is 12.7. The van der Waals surface area contributed by atoms with Crippen LogP contribution in [-0.2, 0) is 15.5 Å². The highest BCUT2D eigenvalue weighted by atomic mass is 32.2. The smallest absolute Gasteiger partial charge is 0.0504 e. The maximum Gasteiger partial charge on any atom is 0.0504 e. The first-order chi connectivity index (χ1) is 8.59. The molecule has 1 saturated heterocycles. The van der Waals surface area contributed by atoms with Gasteiger partial charge in [0.2, 0.25) is 0 Å². The number of ether oxygens (including phenoxy) is 1. The fraction of sp³-hybridized carbons (Fsp3) is 1.00. The molecule has 3 nitrogen and oxygen atoms in total. The third-order valence-corrected chi connectivity index (χ3v) is 6.89. The van der Waals surface area contributed by atoms with Gasteiger partial charge in [-0.1, -0.05) is 13.8 Å². The van der Waals surface area contributed by atoms with Crippen LogP contribution in [0, 0.1) is 11.8 Å². The molecule has 4 atom stereocenters. The molecule has 0 aromatic heterocycles. The van der Waals surface area contributed by atoms with Crippen molar-refractivity contribution in [3.8, 4) is 0 Å². The summed E-state index contributed by atoms with van der Waals surface area (Å²) >= 11 is 0. The molecule has 0 amide bonds. The molecule has 106 valence electrons. The molecule has 2 aliphatic rings. The van der Waals surface area contributed by atoms with E-state index < -0.39 is 10.8 Å². The molecule has 1 aliphatic carbocycles. The van der Waals surface area contributed by atoms with Crippen molar-refractivity contribution in [2.24, 2.45) is 17.6 Å². The minimum Gasteiger partial charge on any atom is -0.381 e. The van der Waals surface area contributed by atoms with Gasteiger partial charge in [-0.05, 0) is 43.9 Å². The molecule has 1 saturated carbocycles. The first-order valence-electron chi connectivity index (χ1n) is 7.32. The van der Waals surface area contributed by atoms with E-state index in [2.05, 4.69) is 13.8 Å². The fourth-order valence-corrected chi connectivity index (χ4v) is 5.28. The van der Waals surface area contributed by atoms with Crippen LogP contribution in [0.25, 0.3) is 0 Å². The van der Waals surface area contributed by atoms with Crippen molar-refractivity contribution in [2.75, 3.05) is 13.2 Å². The van der Waals surface area contributed by atoms with Gasteiger partial charge in [0.1, 0.15) is 0 Å². The average molecular weight is 273 g/mol. The summed E-state index contributed by atoms with van der Waals surface area (Å²) in [7, 11) is -0.765. The molecular weight excluding hydrogens is 246 g/mol. The lowest BCUT2D eigenvalue weighted by Gasteiger charge is -2.37. The number of hydrogen-bond acceptors (Lipinski definition) is 3. The summed E-state index contributed by atoms with van der Waals surface area (Å²) in [6, 6.07) is 0.142. The standard InChI is InChI=1S/C14H27NO2S/c1-10(2)11-3-4-13(15)14(9-11)18(16)12-5-7-17-8-6-12/h10-14H,3-9,15H2,1-2H3. The van der Waals surface area contributed by atoms with Crippen LogP contribution in [0.5, 0.6) is 0 Å². The van der Waals surface area contributed by atoms with Gasteiger partial charge in [0.15, 0.2) is 0 Å². The van der Waals surface area contributed by atoms with E-state index in [9.17, 15) is 4.21 Å². The zero-order valence-electron chi connectivity index (χ0n) is 11.6. The van der Waals surface area contributed by atoms with Crippen molar-refractivity contribution in [3.05, 3.63) is 0 Å². The van der Waals surface area contributed by atoms with Gasteiger partial charge in [0, 0.05) is 35.3 Å². The minimum atomic E-state index is -0.765. The SMILES string of the molecule is CC(C)C1CCC(N)C(S(=O)C2CCOCC2)C1.